The summed E-state index contributed by atoms with van der Waals surface area (Å²) < 4.78 is 7.63. The first kappa shape index (κ1) is 21.5. The van der Waals surface area contributed by atoms with Gasteiger partial charge in [0.2, 0.25) is 0 Å². The third-order valence-electron chi connectivity index (χ3n) is 4.65. The van der Waals surface area contributed by atoms with E-state index in [1.54, 1.807) is 4.68 Å². The maximum Gasteiger partial charge on any atom is 0.171 e. The third kappa shape index (κ3) is 5.57. The Hall–Kier alpha value is -1.83. The molecule has 1 heterocycles. The lowest BCUT2D eigenvalue weighted by molar-refractivity contribution is 0.0867. The van der Waals surface area contributed by atoms with Crippen LogP contribution in [0.2, 0.25) is 0 Å². The highest BCUT2D eigenvalue weighted by atomic mass is 32.3. The fraction of sp³-hybridized carbons (Fsp3) is 0.500. The van der Waals surface area contributed by atoms with Crippen LogP contribution in [-0.2, 0) is 18.0 Å². The van der Waals surface area contributed by atoms with Crippen molar-refractivity contribution in [1.82, 2.24) is 14.7 Å². The molecule has 0 fully saturated rings. The molecular weight excluding hydrogens is 362 g/mol. The smallest absolute Gasteiger partial charge is 0.171 e. The number of hydrogen-bond acceptors (Lipinski definition) is 5. The van der Waals surface area contributed by atoms with Crippen LogP contribution in [-0.4, -0.2) is 39.9 Å². The number of hydrogen-bond donors (Lipinski definition) is 1. The van der Waals surface area contributed by atoms with Gasteiger partial charge in [-0.3, -0.25) is 14.3 Å². The number of ether oxygens (including phenoxy) is 1. The van der Waals surface area contributed by atoms with Crippen molar-refractivity contribution < 1.29 is 14.4 Å². The van der Waals surface area contributed by atoms with Crippen LogP contribution in [0.15, 0.2) is 30.3 Å². The molecule has 0 saturated carbocycles. The molecule has 0 unspecified atom stereocenters. The van der Waals surface area contributed by atoms with Crippen molar-refractivity contribution in [2.24, 2.45) is 0 Å². The number of nitrogens with one attached hydrogen (secondary N) is 1. The van der Waals surface area contributed by atoms with Crippen LogP contribution < -0.4 is 9.62 Å². The molecule has 150 valence electrons. The molecule has 6 nitrogen and oxygen atoms in total. The summed E-state index contributed by atoms with van der Waals surface area (Å²) in [5.41, 5.74) is 2.18. The SMILES string of the molecule is Cc1nn(CCONS(C)(C)C(C)(C)C)c(C=O)c1OCc1ccccc1. The molecule has 0 atom stereocenters. The second-order valence-electron chi connectivity index (χ2n) is 7.79. The third-order valence-corrected chi connectivity index (χ3v) is 8.25. The molecule has 27 heavy (non-hydrogen) atoms. The fourth-order valence-corrected chi connectivity index (χ4v) is 2.85. The summed E-state index contributed by atoms with van der Waals surface area (Å²) in [7, 11) is -1.11. The molecular formula is C20H31N3O3S. The van der Waals surface area contributed by atoms with Gasteiger partial charge in [-0.1, -0.05) is 51.1 Å². The van der Waals surface area contributed by atoms with Crippen LogP contribution in [0.3, 0.4) is 0 Å². The molecule has 2 aromatic rings. The summed E-state index contributed by atoms with van der Waals surface area (Å²) in [6, 6.07) is 9.85. The quantitative estimate of drug-likeness (QED) is 0.398. The largest absolute Gasteiger partial charge is 0.485 e. The first-order valence-electron chi connectivity index (χ1n) is 8.96. The van der Waals surface area contributed by atoms with Gasteiger partial charge in [-0.25, -0.2) is 0 Å². The van der Waals surface area contributed by atoms with Gasteiger partial charge in [0.25, 0.3) is 0 Å². The summed E-state index contributed by atoms with van der Waals surface area (Å²) in [6.07, 6.45) is 5.15. The average Bonchev–Trinajstić information content (AvgIpc) is 2.91. The summed E-state index contributed by atoms with van der Waals surface area (Å²) >= 11 is 0. The zero-order chi connectivity index (χ0) is 20.1. The number of benzene rings is 1. The Morgan fingerprint density at radius 2 is 1.89 bits per heavy atom. The van der Waals surface area contributed by atoms with Crippen LogP contribution in [0.5, 0.6) is 5.75 Å². The Labute approximate surface area is 163 Å². The van der Waals surface area contributed by atoms with Gasteiger partial charge in [0.1, 0.15) is 18.0 Å². The second-order valence-corrected chi connectivity index (χ2v) is 11.8. The highest BCUT2D eigenvalue weighted by Crippen LogP contribution is 2.48. The maximum atomic E-state index is 11.6. The molecule has 0 radical (unpaired) electrons. The van der Waals surface area contributed by atoms with E-state index >= 15 is 0 Å². The molecule has 0 spiro atoms. The number of carbonyl (C=O) groups is 1. The second kappa shape index (κ2) is 8.91. The lowest BCUT2D eigenvalue weighted by Crippen LogP contribution is -2.34. The van der Waals surface area contributed by atoms with Gasteiger partial charge < -0.3 is 4.74 Å². The van der Waals surface area contributed by atoms with Gasteiger partial charge in [0, 0.05) is 4.75 Å². The van der Waals surface area contributed by atoms with E-state index in [4.69, 9.17) is 9.57 Å². The lowest BCUT2D eigenvalue weighted by atomic mass is 10.2. The molecule has 0 amide bonds. The number of carbonyl (C=O) groups excluding carboxylic acids is 1. The number of aldehydes is 1. The van der Waals surface area contributed by atoms with Gasteiger partial charge in [0.15, 0.2) is 12.0 Å². The van der Waals surface area contributed by atoms with Gasteiger partial charge in [-0.05, 0) is 25.0 Å². The highest BCUT2D eigenvalue weighted by molar-refractivity contribution is 8.32. The number of rotatable bonds is 9. The Bertz CT molecular complexity index is 752. The van der Waals surface area contributed by atoms with E-state index in [0.29, 0.717) is 36.9 Å². The topological polar surface area (TPSA) is 65.4 Å². The van der Waals surface area contributed by atoms with Gasteiger partial charge in [0.05, 0.1) is 13.2 Å². The molecule has 1 aromatic carbocycles. The van der Waals surface area contributed by atoms with E-state index < -0.39 is 10.2 Å². The molecule has 0 aliphatic heterocycles. The van der Waals surface area contributed by atoms with Gasteiger partial charge >= 0.3 is 0 Å². The van der Waals surface area contributed by atoms with Crippen LogP contribution in [0.1, 0.15) is 42.5 Å². The molecule has 1 aromatic heterocycles. The van der Waals surface area contributed by atoms with Crippen LogP contribution in [0.4, 0.5) is 0 Å². The predicted molar refractivity (Wildman–Crippen MR) is 111 cm³/mol. The number of nitrogens with zero attached hydrogens (tertiary/aromatic N) is 2. The summed E-state index contributed by atoms with van der Waals surface area (Å²) in [5, 5.41) is 4.44. The minimum atomic E-state index is -1.11. The monoisotopic (exact) mass is 393 g/mol. The van der Waals surface area contributed by atoms with E-state index in [2.05, 4.69) is 43.3 Å². The molecule has 1 N–H and O–H groups in total. The molecule has 0 aliphatic rings. The van der Waals surface area contributed by atoms with Crippen molar-refractivity contribution in [3.8, 4) is 5.75 Å². The lowest BCUT2D eigenvalue weighted by Gasteiger charge is -2.44. The standard InChI is InChI=1S/C20H31N3O3S/c1-16-19(25-15-17-10-8-7-9-11-17)18(14-24)23(21-16)12-13-26-22-27(5,6)20(2,3)4/h7-11,14,22H,12-13,15H2,1-6H3. The van der Waals surface area contributed by atoms with Crippen molar-refractivity contribution in [3.63, 3.8) is 0 Å². The van der Waals surface area contributed by atoms with Crippen molar-refractivity contribution in [1.29, 1.82) is 0 Å². The van der Waals surface area contributed by atoms with Crippen molar-refractivity contribution in [3.05, 3.63) is 47.3 Å². The number of aromatic nitrogens is 2. The average molecular weight is 394 g/mol. The minimum absolute atomic E-state index is 0.127. The maximum absolute atomic E-state index is 11.6. The molecule has 0 aliphatic carbocycles. The highest BCUT2D eigenvalue weighted by Gasteiger charge is 2.27. The van der Waals surface area contributed by atoms with E-state index in [1.165, 1.54) is 0 Å². The zero-order valence-corrected chi connectivity index (χ0v) is 17.9. The van der Waals surface area contributed by atoms with Crippen molar-refractivity contribution in [2.45, 2.75) is 45.6 Å². The minimum Gasteiger partial charge on any atom is -0.485 e. The molecule has 7 heteroatoms. The van der Waals surface area contributed by atoms with E-state index in [-0.39, 0.29) is 4.75 Å². The van der Waals surface area contributed by atoms with Crippen LogP contribution in [0.25, 0.3) is 0 Å². The van der Waals surface area contributed by atoms with Crippen molar-refractivity contribution in [2.75, 3.05) is 19.1 Å². The summed E-state index contributed by atoms with van der Waals surface area (Å²) in [5.74, 6) is 0.530. The first-order valence-corrected chi connectivity index (χ1v) is 11.4. The summed E-state index contributed by atoms with van der Waals surface area (Å²) in [4.78, 5) is 20.5. The van der Waals surface area contributed by atoms with Gasteiger partial charge in [-0.15, -0.1) is 0 Å². The van der Waals surface area contributed by atoms with E-state index in [0.717, 1.165) is 11.8 Å². The Morgan fingerprint density at radius 3 is 2.48 bits per heavy atom. The van der Waals surface area contributed by atoms with Crippen LogP contribution >= 0.6 is 10.2 Å². The molecule has 0 bridgehead atoms. The molecule has 2 rings (SSSR count). The Kier molecular flexibility index (Phi) is 7.08. The van der Waals surface area contributed by atoms with Gasteiger partial charge in [-0.2, -0.15) is 20.2 Å². The Morgan fingerprint density at radius 1 is 1.22 bits per heavy atom. The van der Waals surface area contributed by atoms with Crippen LogP contribution in [0, 0.1) is 6.92 Å². The normalized spacial score (nSPS) is 12.8. The predicted octanol–water partition coefficient (Wildman–Crippen LogP) is 3.88. The zero-order valence-electron chi connectivity index (χ0n) is 17.1. The molecule has 0 saturated heterocycles. The fourth-order valence-electron chi connectivity index (χ4n) is 2.22. The first-order chi connectivity index (χ1) is 12.7. The summed E-state index contributed by atoms with van der Waals surface area (Å²) in [6.45, 7) is 9.69. The van der Waals surface area contributed by atoms with E-state index in [1.807, 2.05) is 37.3 Å². The Balaban J connectivity index is 1.97. The number of aryl methyl sites for hydroxylation is 1. The van der Waals surface area contributed by atoms with E-state index in [9.17, 15) is 4.79 Å². The van der Waals surface area contributed by atoms with Crippen molar-refractivity contribution >= 4 is 16.5 Å².